The van der Waals surface area contributed by atoms with Gasteiger partial charge in [0.25, 0.3) is 0 Å². The zero-order chi connectivity index (χ0) is 13.8. The van der Waals surface area contributed by atoms with Crippen LogP contribution in [0.3, 0.4) is 0 Å². The van der Waals surface area contributed by atoms with Crippen molar-refractivity contribution in [2.75, 3.05) is 5.32 Å². The minimum absolute atomic E-state index is 0.111. The van der Waals surface area contributed by atoms with Crippen molar-refractivity contribution in [2.24, 2.45) is 5.73 Å². The molecule has 0 bridgehead atoms. The molecule has 3 N–H and O–H groups in total. The number of benzene rings is 1. The third-order valence-electron chi connectivity index (χ3n) is 2.95. The van der Waals surface area contributed by atoms with Gasteiger partial charge < -0.3 is 11.1 Å². The Morgan fingerprint density at radius 3 is 2.28 bits per heavy atom. The van der Waals surface area contributed by atoms with E-state index >= 15 is 0 Å². The van der Waals surface area contributed by atoms with E-state index in [0.717, 1.165) is 12.1 Å². The quantitative estimate of drug-likeness (QED) is 0.860. The van der Waals surface area contributed by atoms with Crippen LogP contribution in [-0.4, -0.2) is 11.9 Å². The summed E-state index contributed by atoms with van der Waals surface area (Å²) in [7, 11) is 0. The van der Waals surface area contributed by atoms with Crippen LogP contribution in [0.25, 0.3) is 0 Å². The number of hydrogen-bond donors (Lipinski definition) is 2. The molecule has 1 aromatic carbocycles. The van der Waals surface area contributed by atoms with Crippen LogP contribution in [0.4, 0.5) is 5.69 Å². The standard InChI is InChI=1S/C15H24N2O/c1-5-6-13(16)14(18)17-12-9-7-11(8-10-12)15(2,3)4/h7-10,13H,5-6,16H2,1-4H3,(H,17,18)/t13-/m0/s1. The first-order chi connectivity index (χ1) is 8.34. The van der Waals surface area contributed by atoms with Crippen molar-refractivity contribution in [3.05, 3.63) is 29.8 Å². The summed E-state index contributed by atoms with van der Waals surface area (Å²) in [6.45, 7) is 8.51. The Bertz CT molecular complexity index is 390. The lowest BCUT2D eigenvalue weighted by atomic mass is 9.87. The molecule has 0 aliphatic heterocycles. The number of anilines is 1. The molecule has 0 unspecified atom stereocenters. The zero-order valence-electron chi connectivity index (χ0n) is 11.8. The Labute approximate surface area is 110 Å². The van der Waals surface area contributed by atoms with Gasteiger partial charge >= 0.3 is 0 Å². The van der Waals surface area contributed by atoms with Gasteiger partial charge in [0.1, 0.15) is 0 Å². The molecule has 18 heavy (non-hydrogen) atoms. The minimum Gasteiger partial charge on any atom is -0.325 e. The Kier molecular flexibility index (Phi) is 4.91. The smallest absolute Gasteiger partial charge is 0.241 e. The number of carbonyl (C=O) groups is 1. The van der Waals surface area contributed by atoms with Crippen LogP contribution in [-0.2, 0) is 10.2 Å². The van der Waals surface area contributed by atoms with Crippen LogP contribution in [0.1, 0.15) is 46.1 Å². The molecule has 3 nitrogen and oxygen atoms in total. The summed E-state index contributed by atoms with van der Waals surface area (Å²) < 4.78 is 0. The van der Waals surface area contributed by atoms with Crippen molar-refractivity contribution in [3.63, 3.8) is 0 Å². The lowest BCUT2D eigenvalue weighted by molar-refractivity contribution is -0.117. The molecule has 0 fully saturated rings. The maximum atomic E-state index is 11.7. The average molecular weight is 248 g/mol. The van der Waals surface area contributed by atoms with Gasteiger partial charge in [-0.3, -0.25) is 4.79 Å². The zero-order valence-corrected chi connectivity index (χ0v) is 11.8. The van der Waals surface area contributed by atoms with Crippen molar-refractivity contribution >= 4 is 11.6 Å². The maximum absolute atomic E-state index is 11.7. The van der Waals surface area contributed by atoms with E-state index < -0.39 is 6.04 Å². The third-order valence-corrected chi connectivity index (χ3v) is 2.95. The summed E-state index contributed by atoms with van der Waals surface area (Å²) in [6, 6.07) is 7.52. The second-order valence-corrected chi connectivity index (χ2v) is 5.71. The fourth-order valence-corrected chi connectivity index (χ4v) is 1.73. The SMILES string of the molecule is CCC[C@H](N)C(=O)Nc1ccc(C(C)(C)C)cc1. The summed E-state index contributed by atoms with van der Waals surface area (Å²) in [5, 5.41) is 2.84. The molecule has 1 aromatic rings. The van der Waals surface area contributed by atoms with E-state index in [-0.39, 0.29) is 11.3 Å². The molecule has 0 spiro atoms. The second-order valence-electron chi connectivity index (χ2n) is 5.71. The number of rotatable bonds is 4. The summed E-state index contributed by atoms with van der Waals surface area (Å²) in [6.07, 6.45) is 1.63. The van der Waals surface area contributed by atoms with Crippen LogP contribution < -0.4 is 11.1 Å². The molecule has 100 valence electrons. The predicted molar refractivity (Wildman–Crippen MR) is 76.7 cm³/mol. The highest BCUT2D eigenvalue weighted by molar-refractivity contribution is 5.94. The molecule has 3 heteroatoms. The second kappa shape index (κ2) is 6.01. The molecule has 0 heterocycles. The monoisotopic (exact) mass is 248 g/mol. The van der Waals surface area contributed by atoms with Gasteiger partial charge in [-0.15, -0.1) is 0 Å². The molecule has 1 atom stereocenters. The first-order valence-electron chi connectivity index (χ1n) is 6.51. The molecular formula is C15H24N2O. The fraction of sp³-hybridized carbons (Fsp3) is 0.533. The van der Waals surface area contributed by atoms with Crippen molar-refractivity contribution in [1.82, 2.24) is 0 Å². The highest BCUT2D eigenvalue weighted by Crippen LogP contribution is 2.23. The Morgan fingerprint density at radius 2 is 1.83 bits per heavy atom. The number of nitrogens with two attached hydrogens (primary N) is 1. The number of nitrogens with one attached hydrogen (secondary N) is 1. The molecule has 0 saturated heterocycles. The van der Waals surface area contributed by atoms with Crippen LogP contribution in [0, 0.1) is 0 Å². The van der Waals surface area contributed by atoms with Crippen LogP contribution in [0.15, 0.2) is 24.3 Å². The van der Waals surface area contributed by atoms with E-state index in [2.05, 4.69) is 26.1 Å². The fourth-order valence-electron chi connectivity index (χ4n) is 1.73. The summed E-state index contributed by atoms with van der Waals surface area (Å²) in [5.74, 6) is -0.111. The van der Waals surface area contributed by atoms with Crippen molar-refractivity contribution in [2.45, 2.75) is 52.0 Å². The topological polar surface area (TPSA) is 55.1 Å². The van der Waals surface area contributed by atoms with Gasteiger partial charge in [-0.2, -0.15) is 0 Å². The highest BCUT2D eigenvalue weighted by Gasteiger charge is 2.15. The van der Waals surface area contributed by atoms with Gasteiger partial charge in [0.05, 0.1) is 6.04 Å². The summed E-state index contributed by atoms with van der Waals surface area (Å²) in [4.78, 5) is 11.7. The van der Waals surface area contributed by atoms with Gasteiger partial charge in [-0.1, -0.05) is 46.2 Å². The van der Waals surface area contributed by atoms with Crippen LogP contribution in [0.2, 0.25) is 0 Å². The van der Waals surface area contributed by atoms with E-state index in [0.29, 0.717) is 6.42 Å². The average Bonchev–Trinajstić information content (AvgIpc) is 2.28. The molecule has 0 saturated carbocycles. The van der Waals surface area contributed by atoms with Crippen LogP contribution >= 0.6 is 0 Å². The van der Waals surface area contributed by atoms with E-state index in [4.69, 9.17) is 5.73 Å². The van der Waals surface area contributed by atoms with Crippen molar-refractivity contribution in [1.29, 1.82) is 0 Å². The predicted octanol–water partition coefficient (Wildman–Crippen LogP) is 3.05. The van der Waals surface area contributed by atoms with Gasteiger partial charge in [-0.05, 0) is 29.5 Å². The largest absolute Gasteiger partial charge is 0.325 e. The summed E-state index contributed by atoms with van der Waals surface area (Å²) >= 11 is 0. The lowest BCUT2D eigenvalue weighted by Gasteiger charge is -2.19. The molecule has 0 aliphatic carbocycles. The third kappa shape index (κ3) is 4.15. The van der Waals surface area contributed by atoms with E-state index in [1.165, 1.54) is 5.56 Å². The normalized spacial score (nSPS) is 13.2. The van der Waals surface area contributed by atoms with Gasteiger partial charge in [0, 0.05) is 5.69 Å². The molecule has 0 aliphatic rings. The van der Waals surface area contributed by atoms with Crippen LogP contribution in [0.5, 0.6) is 0 Å². The van der Waals surface area contributed by atoms with E-state index in [1.807, 2.05) is 31.2 Å². The lowest BCUT2D eigenvalue weighted by Crippen LogP contribution is -2.35. The summed E-state index contributed by atoms with van der Waals surface area (Å²) in [5.41, 5.74) is 7.94. The number of hydrogen-bond acceptors (Lipinski definition) is 2. The Morgan fingerprint density at radius 1 is 1.28 bits per heavy atom. The highest BCUT2D eigenvalue weighted by atomic mass is 16.2. The van der Waals surface area contributed by atoms with Gasteiger partial charge in [0.15, 0.2) is 0 Å². The first kappa shape index (κ1) is 14.7. The van der Waals surface area contributed by atoms with Gasteiger partial charge in [0.2, 0.25) is 5.91 Å². The number of carbonyl (C=O) groups excluding carboxylic acids is 1. The van der Waals surface area contributed by atoms with Crippen molar-refractivity contribution < 1.29 is 4.79 Å². The maximum Gasteiger partial charge on any atom is 0.241 e. The molecule has 1 rings (SSSR count). The Hall–Kier alpha value is -1.35. The van der Waals surface area contributed by atoms with E-state index in [1.54, 1.807) is 0 Å². The van der Waals surface area contributed by atoms with Crippen molar-refractivity contribution in [3.8, 4) is 0 Å². The molecule has 0 aromatic heterocycles. The van der Waals surface area contributed by atoms with Gasteiger partial charge in [-0.25, -0.2) is 0 Å². The van der Waals surface area contributed by atoms with E-state index in [9.17, 15) is 4.79 Å². The first-order valence-corrected chi connectivity index (χ1v) is 6.51. The Balaban J connectivity index is 2.67. The molecule has 0 radical (unpaired) electrons. The molecular weight excluding hydrogens is 224 g/mol. The molecule has 1 amide bonds. The number of amides is 1. The minimum atomic E-state index is -0.419.